The van der Waals surface area contributed by atoms with Crippen LogP contribution in [0.5, 0.6) is 5.75 Å². The van der Waals surface area contributed by atoms with Crippen LogP contribution in [0.1, 0.15) is 19.3 Å². The highest BCUT2D eigenvalue weighted by Gasteiger charge is 2.45. The van der Waals surface area contributed by atoms with Crippen molar-refractivity contribution >= 4 is 22.6 Å². The van der Waals surface area contributed by atoms with Crippen molar-refractivity contribution in [2.45, 2.75) is 24.8 Å². The molecule has 2 N–H and O–H groups in total. The van der Waals surface area contributed by atoms with Gasteiger partial charge in [0, 0.05) is 5.39 Å². The summed E-state index contributed by atoms with van der Waals surface area (Å²) in [6, 6.07) is 13.4. The van der Waals surface area contributed by atoms with Gasteiger partial charge in [-0.2, -0.15) is 0 Å². The molecule has 0 aliphatic heterocycles. The van der Waals surface area contributed by atoms with Crippen LogP contribution in [0.4, 0.5) is 0 Å². The summed E-state index contributed by atoms with van der Waals surface area (Å²) in [5.74, 6) is -0.765. The van der Waals surface area contributed by atoms with Crippen LogP contribution in [0.3, 0.4) is 0 Å². The molecule has 0 atom stereocenters. The molecule has 0 heterocycles. The number of ether oxygens (including phenoxy) is 1. The van der Waals surface area contributed by atoms with Gasteiger partial charge in [-0.3, -0.25) is 4.79 Å². The van der Waals surface area contributed by atoms with E-state index in [4.69, 9.17) is 4.74 Å². The van der Waals surface area contributed by atoms with Crippen molar-refractivity contribution in [2.75, 3.05) is 6.61 Å². The molecule has 0 spiro atoms. The van der Waals surface area contributed by atoms with Gasteiger partial charge in [0.25, 0.3) is 5.91 Å². The van der Waals surface area contributed by atoms with Crippen molar-refractivity contribution < 1.29 is 19.4 Å². The maximum atomic E-state index is 12.0. The molecular weight excluding hydrogens is 282 g/mol. The van der Waals surface area contributed by atoms with Crippen molar-refractivity contribution in [3.63, 3.8) is 0 Å². The molecule has 5 nitrogen and oxygen atoms in total. The number of carbonyl (C=O) groups excluding carboxylic acids is 1. The molecule has 1 aliphatic carbocycles. The minimum Gasteiger partial charge on any atom is -0.483 e. The monoisotopic (exact) mass is 299 g/mol. The van der Waals surface area contributed by atoms with Crippen LogP contribution in [0.2, 0.25) is 0 Å². The van der Waals surface area contributed by atoms with Gasteiger partial charge in [0.1, 0.15) is 11.3 Å². The Kier molecular flexibility index (Phi) is 3.71. The topological polar surface area (TPSA) is 75.6 Å². The number of benzene rings is 2. The van der Waals surface area contributed by atoms with Gasteiger partial charge in [-0.05, 0) is 30.7 Å². The lowest BCUT2D eigenvalue weighted by molar-refractivity contribution is -0.152. The number of hydrogen-bond acceptors (Lipinski definition) is 3. The molecule has 3 rings (SSSR count). The predicted octanol–water partition coefficient (Wildman–Crippen LogP) is 2.34. The molecule has 1 amide bonds. The molecule has 22 heavy (non-hydrogen) atoms. The van der Waals surface area contributed by atoms with Crippen LogP contribution in [-0.4, -0.2) is 29.1 Å². The number of carboxylic acids is 1. The predicted molar refractivity (Wildman–Crippen MR) is 81.8 cm³/mol. The van der Waals surface area contributed by atoms with E-state index < -0.39 is 17.4 Å². The second kappa shape index (κ2) is 5.67. The molecule has 1 saturated carbocycles. The SMILES string of the molecule is O=C(COc1cccc2ccccc12)NC1(C(=O)O)CCC1. The Bertz CT molecular complexity index is 716. The average molecular weight is 299 g/mol. The Morgan fingerprint density at radius 1 is 1.14 bits per heavy atom. The van der Waals surface area contributed by atoms with Gasteiger partial charge in [0.05, 0.1) is 0 Å². The van der Waals surface area contributed by atoms with Crippen LogP contribution in [0.25, 0.3) is 10.8 Å². The minimum atomic E-state index is -1.10. The smallest absolute Gasteiger partial charge is 0.329 e. The molecule has 0 saturated heterocycles. The lowest BCUT2D eigenvalue weighted by atomic mass is 9.77. The first-order valence-corrected chi connectivity index (χ1v) is 7.26. The van der Waals surface area contributed by atoms with E-state index in [1.54, 1.807) is 6.07 Å². The van der Waals surface area contributed by atoms with E-state index in [2.05, 4.69) is 5.32 Å². The highest BCUT2D eigenvalue weighted by Crippen LogP contribution is 2.32. The Labute approximate surface area is 127 Å². The van der Waals surface area contributed by atoms with Crippen LogP contribution < -0.4 is 10.1 Å². The van der Waals surface area contributed by atoms with E-state index in [0.717, 1.165) is 17.2 Å². The van der Waals surface area contributed by atoms with Gasteiger partial charge in [-0.15, -0.1) is 0 Å². The molecule has 2 aromatic carbocycles. The van der Waals surface area contributed by atoms with Crippen molar-refractivity contribution in [2.24, 2.45) is 0 Å². The summed E-state index contributed by atoms with van der Waals surface area (Å²) in [4.78, 5) is 23.2. The fourth-order valence-electron chi connectivity index (χ4n) is 2.69. The third-order valence-electron chi connectivity index (χ3n) is 4.10. The molecule has 1 fully saturated rings. The average Bonchev–Trinajstić information content (AvgIpc) is 2.48. The number of hydrogen-bond donors (Lipinski definition) is 2. The summed E-state index contributed by atoms with van der Waals surface area (Å²) < 4.78 is 5.57. The Morgan fingerprint density at radius 2 is 1.86 bits per heavy atom. The quantitative estimate of drug-likeness (QED) is 0.888. The normalized spacial score (nSPS) is 15.8. The fourth-order valence-corrected chi connectivity index (χ4v) is 2.69. The molecule has 5 heteroatoms. The van der Waals surface area contributed by atoms with E-state index in [1.165, 1.54) is 0 Å². The molecule has 1 aliphatic rings. The number of carboxylic acid groups (broad SMARTS) is 1. The lowest BCUT2D eigenvalue weighted by Crippen LogP contribution is -2.59. The van der Waals surface area contributed by atoms with Gasteiger partial charge in [-0.1, -0.05) is 36.4 Å². The molecular formula is C17H17NO4. The van der Waals surface area contributed by atoms with E-state index in [0.29, 0.717) is 18.6 Å². The zero-order valence-corrected chi connectivity index (χ0v) is 12.0. The van der Waals surface area contributed by atoms with Gasteiger partial charge < -0.3 is 15.2 Å². The second-order valence-electron chi connectivity index (χ2n) is 5.55. The van der Waals surface area contributed by atoms with E-state index >= 15 is 0 Å². The molecule has 0 bridgehead atoms. The fraction of sp³-hybridized carbons (Fsp3) is 0.294. The molecule has 0 unspecified atom stereocenters. The summed E-state index contributed by atoms with van der Waals surface area (Å²) in [6.45, 7) is -0.191. The van der Waals surface area contributed by atoms with Crippen molar-refractivity contribution in [3.05, 3.63) is 42.5 Å². The summed E-state index contributed by atoms with van der Waals surface area (Å²) >= 11 is 0. The van der Waals surface area contributed by atoms with Crippen molar-refractivity contribution in [1.82, 2.24) is 5.32 Å². The van der Waals surface area contributed by atoms with E-state index in [9.17, 15) is 14.7 Å². The van der Waals surface area contributed by atoms with E-state index in [-0.39, 0.29) is 6.61 Å². The first-order valence-electron chi connectivity index (χ1n) is 7.26. The van der Waals surface area contributed by atoms with E-state index in [1.807, 2.05) is 36.4 Å². The van der Waals surface area contributed by atoms with Crippen LogP contribution in [0, 0.1) is 0 Å². The largest absolute Gasteiger partial charge is 0.483 e. The summed E-state index contributed by atoms with van der Waals surface area (Å²) in [6.07, 6.45) is 1.77. The maximum absolute atomic E-state index is 12.0. The van der Waals surface area contributed by atoms with Gasteiger partial charge >= 0.3 is 5.97 Å². The highest BCUT2D eigenvalue weighted by molar-refractivity contribution is 5.90. The zero-order chi connectivity index (χ0) is 15.6. The lowest BCUT2D eigenvalue weighted by Gasteiger charge is -2.38. The zero-order valence-electron chi connectivity index (χ0n) is 12.0. The number of rotatable bonds is 5. The molecule has 0 radical (unpaired) electrons. The number of fused-ring (bicyclic) bond motifs is 1. The molecule has 2 aromatic rings. The third kappa shape index (κ3) is 2.62. The number of aliphatic carboxylic acids is 1. The summed E-state index contributed by atoms with van der Waals surface area (Å²) in [7, 11) is 0. The van der Waals surface area contributed by atoms with Crippen LogP contribution in [-0.2, 0) is 9.59 Å². The highest BCUT2D eigenvalue weighted by atomic mass is 16.5. The molecule has 0 aromatic heterocycles. The Hall–Kier alpha value is -2.56. The summed E-state index contributed by atoms with van der Waals surface area (Å²) in [5.41, 5.74) is -1.10. The van der Waals surface area contributed by atoms with Crippen LogP contribution in [0.15, 0.2) is 42.5 Å². The summed E-state index contributed by atoms with van der Waals surface area (Å²) in [5, 5.41) is 13.7. The molecule has 114 valence electrons. The Morgan fingerprint density at radius 3 is 2.55 bits per heavy atom. The number of carbonyl (C=O) groups is 2. The minimum absolute atomic E-state index is 0.191. The Balaban J connectivity index is 1.67. The van der Waals surface area contributed by atoms with Gasteiger partial charge in [-0.25, -0.2) is 4.79 Å². The number of amides is 1. The third-order valence-corrected chi connectivity index (χ3v) is 4.10. The van der Waals surface area contributed by atoms with Crippen molar-refractivity contribution in [3.8, 4) is 5.75 Å². The van der Waals surface area contributed by atoms with Gasteiger partial charge in [0.2, 0.25) is 0 Å². The first-order chi connectivity index (χ1) is 10.6. The second-order valence-corrected chi connectivity index (χ2v) is 5.55. The number of nitrogens with one attached hydrogen (secondary N) is 1. The maximum Gasteiger partial charge on any atom is 0.329 e. The standard InChI is InChI=1S/C17H17NO4/c19-15(18-17(16(20)21)9-4-10-17)11-22-14-8-3-6-12-5-1-2-7-13(12)14/h1-3,5-8H,4,9-11H2,(H,18,19)(H,20,21). The van der Waals surface area contributed by atoms with Crippen molar-refractivity contribution in [1.29, 1.82) is 0 Å². The van der Waals surface area contributed by atoms with Crippen LogP contribution >= 0.6 is 0 Å². The first kappa shape index (κ1) is 14.4. The van der Waals surface area contributed by atoms with Gasteiger partial charge in [0.15, 0.2) is 6.61 Å².